The van der Waals surface area contributed by atoms with Gasteiger partial charge in [0.1, 0.15) is 0 Å². The normalized spacial score (nSPS) is 11.3. The van der Waals surface area contributed by atoms with Gasteiger partial charge in [-0.05, 0) is 65.3 Å². The molecule has 0 amide bonds. The fourth-order valence-electron chi connectivity index (χ4n) is 4.55. The van der Waals surface area contributed by atoms with Crippen LogP contribution in [0.15, 0.2) is 103 Å². The van der Waals surface area contributed by atoms with Crippen LogP contribution in [-0.4, -0.2) is 5.78 Å². The molecular formula is C33H34O. The van der Waals surface area contributed by atoms with Crippen molar-refractivity contribution < 1.29 is 4.79 Å². The lowest BCUT2D eigenvalue weighted by molar-refractivity contribution is 0.104. The van der Waals surface area contributed by atoms with E-state index in [-0.39, 0.29) is 5.78 Å². The van der Waals surface area contributed by atoms with Gasteiger partial charge >= 0.3 is 0 Å². The van der Waals surface area contributed by atoms with Gasteiger partial charge in [-0.3, -0.25) is 4.79 Å². The molecule has 4 rings (SSSR count). The topological polar surface area (TPSA) is 17.1 Å². The number of carbonyl (C=O) groups is 1. The van der Waals surface area contributed by atoms with Crippen LogP contribution in [0.3, 0.4) is 0 Å². The molecule has 0 N–H and O–H groups in total. The van der Waals surface area contributed by atoms with Gasteiger partial charge in [-0.25, -0.2) is 0 Å². The van der Waals surface area contributed by atoms with Crippen molar-refractivity contribution in [2.45, 2.75) is 51.4 Å². The van der Waals surface area contributed by atoms with E-state index in [4.69, 9.17) is 0 Å². The monoisotopic (exact) mass is 446 g/mol. The van der Waals surface area contributed by atoms with Crippen molar-refractivity contribution in [3.63, 3.8) is 0 Å². The second kappa shape index (κ2) is 12.7. The molecule has 0 spiro atoms. The highest BCUT2D eigenvalue weighted by Crippen LogP contribution is 2.19. The third-order valence-corrected chi connectivity index (χ3v) is 6.49. The van der Waals surface area contributed by atoms with Gasteiger partial charge in [0.25, 0.3) is 0 Å². The number of ketones is 1. The molecule has 0 fully saturated rings. The van der Waals surface area contributed by atoms with Crippen LogP contribution in [0.4, 0.5) is 0 Å². The molecule has 0 aliphatic carbocycles. The first kappa shape index (κ1) is 23.7. The van der Waals surface area contributed by atoms with E-state index in [0.29, 0.717) is 0 Å². The second-order valence-corrected chi connectivity index (χ2v) is 9.07. The average Bonchev–Trinajstić information content (AvgIpc) is 2.89. The lowest BCUT2D eigenvalue weighted by atomic mass is 9.97. The smallest absolute Gasteiger partial charge is 0.186 e. The van der Waals surface area contributed by atoms with E-state index in [1.165, 1.54) is 60.4 Å². The summed E-state index contributed by atoms with van der Waals surface area (Å²) in [5.74, 6) is 0.0877. The fraction of sp³-hybridized carbons (Fsp3) is 0.242. The predicted octanol–water partition coefficient (Wildman–Crippen LogP) is 8.86. The highest BCUT2D eigenvalue weighted by molar-refractivity contribution is 6.08. The van der Waals surface area contributed by atoms with E-state index in [0.717, 1.165) is 24.0 Å². The van der Waals surface area contributed by atoms with Crippen LogP contribution in [0, 0.1) is 0 Å². The maximum atomic E-state index is 12.9. The Bertz CT molecular complexity index is 1220. The first-order valence-electron chi connectivity index (χ1n) is 12.6. The van der Waals surface area contributed by atoms with Gasteiger partial charge in [-0.1, -0.05) is 123 Å². The maximum absolute atomic E-state index is 12.9. The Kier molecular flexibility index (Phi) is 8.85. The summed E-state index contributed by atoms with van der Waals surface area (Å²) in [6.45, 7) is 0. The number of hydrogen-bond donors (Lipinski definition) is 0. The van der Waals surface area contributed by atoms with Crippen LogP contribution < -0.4 is 0 Å². The Balaban J connectivity index is 1.22. The van der Waals surface area contributed by atoms with Crippen LogP contribution in [0.25, 0.3) is 16.8 Å². The summed E-state index contributed by atoms with van der Waals surface area (Å²) < 4.78 is 0. The molecule has 0 aliphatic rings. The number of allylic oxidation sites excluding steroid dienone is 1. The Morgan fingerprint density at radius 2 is 1.24 bits per heavy atom. The summed E-state index contributed by atoms with van der Waals surface area (Å²) in [5, 5.41) is 2.41. The molecular weight excluding hydrogens is 412 g/mol. The molecule has 34 heavy (non-hydrogen) atoms. The summed E-state index contributed by atoms with van der Waals surface area (Å²) >= 11 is 0. The van der Waals surface area contributed by atoms with Crippen molar-refractivity contribution >= 4 is 22.6 Å². The molecule has 0 aliphatic heterocycles. The zero-order valence-corrected chi connectivity index (χ0v) is 20.0. The first-order chi connectivity index (χ1) is 16.8. The third-order valence-electron chi connectivity index (χ3n) is 6.49. The maximum Gasteiger partial charge on any atom is 0.186 e. The first-order valence-corrected chi connectivity index (χ1v) is 12.6. The minimum absolute atomic E-state index is 0.0877. The van der Waals surface area contributed by atoms with E-state index in [2.05, 4.69) is 66.7 Å². The molecule has 1 heteroatoms. The van der Waals surface area contributed by atoms with E-state index in [1.807, 2.05) is 36.4 Å². The molecule has 0 saturated heterocycles. The van der Waals surface area contributed by atoms with Crippen molar-refractivity contribution in [3.05, 3.63) is 125 Å². The van der Waals surface area contributed by atoms with Crippen molar-refractivity contribution in [1.82, 2.24) is 0 Å². The quantitative estimate of drug-likeness (QED) is 0.121. The van der Waals surface area contributed by atoms with Gasteiger partial charge in [0.15, 0.2) is 5.78 Å². The summed E-state index contributed by atoms with van der Waals surface area (Å²) in [5.41, 5.74) is 4.50. The number of rotatable bonds is 12. The lowest BCUT2D eigenvalue weighted by Gasteiger charge is -2.07. The zero-order valence-electron chi connectivity index (χ0n) is 20.0. The number of carbonyl (C=O) groups excluding carboxylic acids is 1. The third kappa shape index (κ3) is 7.02. The van der Waals surface area contributed by atoms with Crippen LogP contribution in [0.2, 0.25) is 0 Å². The summed E-state index contributed by atoms with van der Waals surface area (Å²) in [7, 11) is 0. The molecule has 0 radical (unpaired) electrons. The molecule has 0 bridgehead atoms. The minimum atomic E-state index is 0.0877. The van der Waals surface area contributed by atoms with Crippen molar-refractivity contribution in [2.24, 2.45) is 0 Å². The number of benzene rings is 4. The number of unbranched alkanes of at least 4 members (excludes halogenated alkanes) is 5. The molecule has 0 saturated carbocycles. The molecule has 4 aromatic rings. The Hall–Kier alpha value is -3.45. The van der Waals surface area contributed by atoms with E-state index in [9.17, 15) is 4.79 Å². The van der Waals surface area contributed by atoms with Crippen molar-refractivity contribution in [2.75, 3.05) is 0 Å². The van der Waals surface area contributed by atoms with Gasteiger partial charge in [-0.15, -0.1) is 0 Å². The molecule has 4 aromatic carbocycles. The van der Waals surface area contributed by atoms with Gasteiger partial charge in [-0.2, -0.15) is 0 Å². The van der Waals surface area contributed by atoms with E-state index in [1.54, 1.807) is 6.08 Å². The van der Waals surface area contributed by atoms with E-state index >= 15 is 0 Å². The molecule has 172 valence electrons. The Morgan fingerprint density at radius 3 is 2.06 bits per heavy atom. The zero-order chi connectivity index (χ0) is 23.4. The molecule has 0 heterocycles. The summed E-state index contributed by atoms with van der Waals surface area (Å²) in [6.07, 6.45) is 13.3. The molecule has 1 nitrogen and oxygen atoms in total. The largest absolute Gasteiger partial charge is 0.289 e. The molecule has 0 unspecified atom stereocenters. The highest BCUT2D eigenvalue weighted by Gasteiger charge is 2.08. The molecule has 0 atom stereocenters. The van der Waals surface area contributed by atoms with Crippen LogP contribution in [0.1, 0.15) is 65.6 Å². The lowest BCUT2D eigenvalue weighted by Crippen LogP contribution is -2.01. The van der Waals surface area contributed by atoms with Crippen molar-refractivity contribution in [3.8, 4) is 0 Å². The number of aryl methyl sites for hydroxylation is 2. The predicted molar refractivity (Wildman–Crippen MR) is 145 cm³/mol. The van der Waals surface area contributed by atoms with Gasteiger partial charge in [0.2, 0.25) is 0 Å². The SMILES string of the molecule is O=C(/C=C/c1ccc2ccccc2c1)c1ccccc1CCCCCCCCc1ccccc1. The summed E-state index contributed by atoms with van der Waals surface area (Å²) in [4.78, 5) is 12.9. The van der Waals surface area contributed by atoms with Gasteiger partial charge < -0.3 is 0 Å². The van der Waals surface area contributed by atoms with Crippen LogP contribution >= 0.6 is 0 Å². The molecule has 0 aromatic heterocycles. The average molecular weight is 447 g/mol. The summed E-state index contributed by atoms with van der Waals surface area (Å²) in [6, 6.07) is 33.4. The standard InChI is InChI=1S/C33H34O/c34-33(25-23-28-22-24-29-17-10-11-20-31(29)26-28)32-21-13-12-19-30(32)18-9-4-2-1-3-6-14-27-15-7-5-8-16-27/h5,7-8,10-13,15-17,19-26H,1-4,6,9,14,18H2/b25-23+. The number of hydrogen-bond acceptors (Lipinski definition) is 1. The van der Waals surface area contributed by atoms with Crippen LogP contribution in [0.5, 0.6) is 0 Å². The highest BCUT2D eigenvalue weighted by atomic mass is 16.1. The van der Waals surface area contributed by atoms with Crippen LogP contribution in [-0.2, 0) is 12.8 Å². The minimum Gasteiger partial charge on any atom is -0.289 e. The van der Waals surface area contributed by atoms with Gasteiger partial charge in [0, 0.05) is 5.56 Å². The van der Waals surface area contributed by atoms with Gasteiger partial charge in [0.05, 0.1) is 0 Å². The Labute approximate surface area is 204 Å². The van der Waals surface area contributed by atoms with Crippen molar-refractivity contribution in [1.29, 1.82) is 0 Å². The number of fused-ring (bicyclic) bond motifs is 1. The second-order valence-electron chi connectivity index (χ2n) is 9.07. The fourth-order valence-corrected chi connectivity index (χ4v) is 4.55. The Morgan fingerprint density at radius 1 is 0.588 bits per heavy atom. The van der Waals surface area contributed by atoms with E-state index < -0.39 is 0 Å².